The van der Waals surface area contributed by atoms with E-state index in [9.17, 15) is 0 Å². The van der Waals surface area contributed by atoms with Gasteiger partial charge in [-0.15, -0.1) is 0 Å². The van der Waals surface area contributed by atoms with E-state index in [0.29, 0.717) is 10.8 Å². The summed E-state index contributed by atoms with van der Waals surface area (Å²) in [6.07, 6.45) is 2.85. The van der Waals surface area contributed by atoms with Gasteiger partial charge in [0.15, 0.2) is 0 Å². The molecule has 0 spiro atoms. The van der Waals surface area contributed by atoms with Crippen LogP contribution in [0.3, 0.4) is 0 Å². The van der Waals surface area contributed by atoms with Gasteiger partial charge in [-0.1, -0.05) is 37.0 Å². The first-order valence-electron chi connectivity index (χ1n) is 6.96. The van der Waals surface area contributed by atoms with Crippen molar-refractivity contribution in [3.8, 4) is 5.75 Å². The SMILES string of the molecule is COc1cc(NCCCCC(C)(C)/C(N)=N/O)ccc1Cl. The quantitative estimate of drug-likeness (QED) is 0.225. The Bertz CT molecular complexity index is 490. The van der Waals surface area contributed by atoms with Crippen LogP contribution in [0.25, 0.3) is 0 Å². The Kier molecular flexibility index (Phi) is 6.62. The molecule has 0 aliphatic carbocycles. The predicted octanol–water partition coefficient (Wildman–Crippen LogP) is 3.70. The second kappa shape index (κ2) is 7.98. The molecule has 0 saturated carbocycles. The molecule has 0 fully saturated rings. The Morgan fingerprint density at radius 3 is 2.76 bits per heavy atom. The Labute approximate surface area is 131 Å². The first-order chi connectivity index (χ1) is 9.90. The maximum Gasteiger partial charge on any atom is 0.144 e. The van der Waals surface area contributed by atoms with E-state index in [1.807, 2.05) is 32.0 Å². The summed E-state index contributed by atoms with van der Waals surface area (Å²) in [5.41, 5.74) is 6.36. The number of ether oxygens (including phenoxy) is 1. The third-order valence-corrected chi connectivity index (χ3v) is 3.82. The van der Waals surface area contributed by atoms with E-state index in [0.717, 1.165) is 31.5 Å². The van der Waals surface area contributed by atoms with Gasteiger partial charge in [0, 0.05) is 23.7 Å². The molecule has 1 aromatic rings. The lowest BCUT2D eigenvalue weighted by molar-refractivity contribution is 0.304. The summed E-state index contributed by atoms with van der Waals surface area (Å²) in [7, 11) is 1.60. The summed E-state index contributed by atoms with van der Waals surface area (Å²) in [6.45, 7) is 4.79. The van der Waals surface area contributed by atoms with E-state index in [1.165, 1.54) is 0 Å². The number of nitrogens with zero attached hydrogens (tertiary/aromatic N) is 1. The number of nitrogens with two attached hydrogens (primary N) is 1. The first kappa shape index (κ1) is 17.4. The highest BCUT2D eigenvalue weighted by Crippen LogP contribution is 2.27. The number of anilines is 1. The lowest BCUT2D eigenvalue weighted by Gasteiger charge is -2.22. The van der Waals surface area contributed by atoms with Crippen LogP contribution in [0.15, 0.2) is 23.4 Å². The minimum Gasteiger partial charge on any atom is -0.495 e. The van der Waals surface area contributed by atoms with Crippen molar-refractivity contribution < 1.29 is 9.94 Å². The van der Waals surface area contributed by atoms with Crippen LogP contribution in [-0.2, 0) is 0 Å². The number of nitrogens with one attached hydrogen (secondary N) is 1. The second-order valence-corrected chi connectivity index (χ2v) is 6.01. The molecule has 0 saturated heterocycles. The second-order valence-electron chi connectivity index (χ2n) is 5.60. The summed E-state index contributed by atoms with van der Waals surface area (Å²) < 4.78 is 5.17. The molecule has 21 heavy (non-hydrogen) atoms. The van der Waals surface area contributed by atoms with E-state index in [2.05, 4.69) is 10.5 Å². The third-order valence-electron chi connectivity index (χ3n) is 3.51. The number of unbranched alkanes of at least 4 members (excludes halogenated alkanes) is 1. The molecule has 1 aromatic carbocycles. The van der Waals surface area contributed by atoms with Crippen LogP contribution in [-0.4, -0.2) is 24.7 Å². The van der Waals surface area contributed by atoms with Crippen molar-refractivity contribution in [3.63, 3.8) is 0 Å². The Hall–Kier alpha value is -1.62. The fourth-order valence-corrected chi connectivity index (χ4v) is 2.15. The molecule has 6 heteroatoms. The van der Waals surface area contributed by atoms with Crippen molar-refractivity contribution in [1.82, 2.24) is 0 Å². The fraction of sp³-hybridized carbons (Fsp3) is 0.533. The highest BCUT2D eigenvalue weighted by atomic mass is 35.5. The van der Waals surface area contributed by atoms with E-state index in [-0.39, 0.29) is 11.3 Å². The van der Waals surface area contributed by atoms with Gasteiger partial charge in [0.2, 0.25) is 0 Å². The molecule has 118 valence electrons. The molecule has 0 aliphatic heterocycles. The maximum absolute atomic E-state index is 8.72. The standard InChI is InChI=1S/C15H24ClN3O2/c1-15(2,14(17)19-20)8-4-5-9-18-11-6-7-12(16)13(10-11)21-3/h6-7,10,18,20H,4-5,8-9H2,1-3H3,(H2,17,19). The largest absolute Gasteiger partial charge is 0.495 e. The zero-order valence-corrected chi connectivity index (χ0v) is 13.6. The van der Waals surface area contributed by atoms with Crippen molar-refractivity contribution in [2.24, 2.45) is 16.3 Å². The molecule has 0 aromatic heterocycles. The smallest absolute Gasteiger partial charge is 0.144 e. The normalized spacial score (nSPS) is 12.3. The molecular weight excluding hydrogens is 290 g/mol. The molecule has 0 amide bonds. The van der Waals surface area contributed by atoms with Crippen molar-refractivity contribution >= 4 is 23.1 Å². The maximum atomic E-state index is 8.72. The summed E-state index contributed by atoms with van der Waals surface area (Å²) in [6, 6.07) is 5.61. The van der Waals surface area contributed by atoms with Crippen molar-refractivity contribution in [2.75, 3.05) is 19.0 Å². The van der Waals surface area contributed by atoms with E-state index < -0.39 is 0 Å². The van der Waals surface area contributed by atoms with Crippen LogP contribution in [0.4, 0.5) is 5.69 Å². The molecule has 0 bridgehead atoms. The van der Waals surface area contributed by atoms with E-state index >= 15 is 0 Å². The summed E-state index contributed by atoms with van der Waals surface area (Å²) >= 11 is 5.98. The van der Waals surface area contributed by atoms with Crippen LogP contribution in [0.1, 0.15) is 33.1 Å². The molecule has 0 aliphatic rings. The Morgan fingerprint density at radius 1 is 1.43 bits per heavy atom. The van der Waals surface area contributed by atoms with Crippen LogP contribution in [0, 0.1) is 5.41 Å². The number of hydrogen-bond donors (Lipinski definition) is 3. The fourth-order valence-electron chi connectivity index (χ4n) is 1.96. The topological polar surface area (TPSA) is 79.9 Å². The van der Waals surface area contributed by atoms with Gasteiger partial charge in [0.1, 0.15) is 11.6 Å². The molecule has 4 N–H and O–H groups in total. The average molecular weight is 314 g/mol. The zero-order chi connectivity index (χ0) is 15.9. The van der Waals surface area contributed by atoms with Gasteiger partial charge < -0.3 is 21.0 Å². The van der Waals surface area contributed by atoms with Gasteiger partial charge in [0.25, 0.3) is 0 Å². The lowest BCUT2D eigenvalue weighted by atomic mass is 9.86. The highest BCUT2D eigenvalue weighted by molar-refractivity contribution is 6.32. The minimum absolute atomic E-state index is 0.276. The zero-order valence-electron chi connectivity index (χ0n) is 12.8. The van der Waals surface area contributed by atoms with Gasteiger partial charge in [-0.2, -0.15) is 0 Å². The van der Waals surface area contributed by atoms with Crippen LogP contribution >= 0.6 is 11.6 Å². The van der Waals surface area contributed by atoms with Crippen LogP contribution in [0.2, 0.25) is 5.02 Å². The Morgan fingerprint density at radius 2 is 2.14 bits per heavy atom. The molecule has 0 unspecified atom stereocenters. The number of halogens is 1. The molecule has 5 nitrogen and oxygen atoms in total. The monoisotopic (exact) mass is 313 g/mol. The molecule has 0 atom stereocenters. The lowest BCUT2D eigenvalue weighted by Crippen LogP contribution is -2.31. The molecule has 0 radical (unpaired) electrons. The number of methoxy groups -OCH3 is 1. The molecule has 1 rings (SSSR count). The van der Waals surface area contributed by atoms with E-state index in [4.69, 9.17) is 27.3 Å². The highest BCUT2D eigenvalue weighted by Gasteiger charge is 2.22. The van der Waals surface area contributed by atoms with E-state index in [1.54, 1.807) is 7.11 Å². The van der Waals surface area contributed by atoms with Gasteiger partial charge in [-0.3, -0.25) is 0 Å². The third kappa shape index (κ3) is 5.34. The first-order valence-corrected chi connectivity index (χ1v) is 7.34. The summed E-state index contributed by atoms with van der Waals surface area (Å²) in [4.78, 5) is 0. The minimum atomic E-state index is -0.280. The van der Waals surface area contributed by atoms with Crippen molar-refractivity contribution in [3.05, 3.63) is 23.2 Å². The number of benzene rings is 1. The van der Waals surface area contributed by atoms with Gasteiger partial charge in [-0.25, -0.2) is 0 Å². The van der Waals surface area contributed by atoms with Gasteiger partial charge in [-0.05, 0) is 25.0 Å². The molecule has 0 heterocycles. The predicted molar refractivity (Wildman–Crippen MR) is 87.5 cm³/mol. The number of rotatable bonds is 8. The van der Waals surface area contributed by atoms with Gasteiger partial charge >= 0.3 is 0 Å². The number of oxime groups is 1. The summed E-state index contributed by atoms with van der Waals surface area (Å²) in [5.74, 6) is 0.938. The average Bonchev–Trinajstić information content (AvgIpc) is 2.47. The van der Waals surface area contributed by atoms with Crippen molar-refractivity contribution in [1.29, 1.82) is 0 Å². The van der Waals surface area contributed by atoms with Crippen LogP contribution in [0.5, 0.6) is 5.75 Å². The Balaban J connectivity index is 2.35. The van der Waals surface area contributed by atoms with Crippen molar-refractivity contribution in [2.45, 2.75) is 33.1 Å². The van der Waals surface area contributed by atoms with Crippen LogP contribution < -0.4 is 15.8 Å². The number of hydrogen-bond acceptors (Lipinski definition) is 4. The van der Waals surface area contributed by atoms with Gasteiger partial charge in [0.05, 0.1) is 12.1 Å². The summed E-state index contributed by atoms with van der Waals surface area (Å²) in [5, 5.41) is 15.7. The number of amidine groups is 1. The molecular formula is C15H24ClN3O2.